The average Bonchev–Trinajstić information content (AvgIpc) is 2.77. The molecule has 1 N–H and O–H groups in total. The summed E-state index contributed by atoms with van der Waals surface area (Å²) in [5.41, 5.74) is 1.32. The molecule has 0 saturated heterocycles. The Hall–Kier alpha value is -0.000000000000000111. The molecule has 0 bridgehead atoms. The van der Waals surface area contributed by atoms with E-state index in [9.17, 15) is 0 Å². The molecule has 2 rings (SSSR count). The first kappa shape index (κ1) is 14.4. The smallest absolute Gasteiger partial charge is 0.0432 e. The second kappa shape index (κ2) is 6.96. The lowest BCUT2D eigenvalue weighted by atomic mass is 10.2. The van der Waals surface area contributed by atoms with Gasteiger partial charge in [0.1, 0.15) is 0 Å². The lowest BCUT2D eigenvalue weighted by Crippen LogP contribution is -2.18. The third kappa shape index (κ3) is 3.75. The van der Waals surface area contributed by atoms with Gasteiger partial charge in [0.15, 0.2) is 0 Å². The van der Waals surface area contributed by atoms with Gasteiger partial charge in [-0.05, 0) is 52.1 Å². The van der Waals surface area contributed by atoms with Gasteiger partial charge in [0.05, 0.1) is 0 Å². The number of rotatable bonds is 5. The van der Waals surface area contributed by atoms with Crippen molar-refractivity contribution < 1.29 is 0 Å². The molecule has 1 atom stereocenters. The van der Waals surface area contributed by atoms with Crippen LogP contribution >= 0.6 is 50.6 Å². The minimum Gasteiger partial charge on any atom is -0.312 e. The van der Waals surface area contributed by atoms with Crippen LogP contribution in [0.5, 0.6) is 0 Å². The molecule has 1 aromatic carbocycles. The summed E-state index contributed by atoms with van der Waals surface area (Å²) in [7, 11) is 1.99. The predicted octanol–water partition coefficient (Wildman–Crippen LogP) is 5.22. The zero-order valence-corrected chi connectivity index (χ0v) is 13.8. The molecular formula is C13H13BrClNS2. The Morgan fingerprint density at radius 1 is 1.44 bits per heavy atom. The minimum absolute atomic E-state index is 0.342. The SMILES string of the molecule is CNC(CSc1cccc(Cl)c1)c1cscc1Br. The average molecular weight is 363 g/mol. The topological polar surface area (TPSA) is 12.0 Å². The summed E-state index contributed by atoms with van der Waals surface area (Å²) in [4.78, 5) is 1.20. The van der Waals surface area contributed by atoms with Crippen molar-refractivity contribution in [1.82, 2.24) is 5.32 Å². The van der Waals surface area contributed by atoms with Gasteiger partial charge in [-0.3, -0.25) is 0 Å². The molecule has 0 amide bonds. The predicted molar refractivity (Wildman–Crippen MR) is 86.0 cm³/mol. The molecule has 1 aromatic heterocycles. The van der Waals surface area contributed by atoms with Crippen LogP contribution in [0.25, 0.3) is 0 Å². The lowest BCUT2D eigenvalue weighted by molar-refractivity contribution is 0.661. The van der Waals surface area contributed by atoms with E-state index in [2.05, 4.69) is 38.1 Å². The van der Waals surface area contributed by atoms with E-state index >= 15 is 0 Å². The third-order valence-corrected chi connectivity index (χ3v) is 5.65. The van der Waals surface area contributed by atoms with Crippen LogP contribution in [0.2, 0.25) is 5.02 Å². The molecule has 96 valence electrons. The van der Waals surface area contributed by atoms with Crippen molar-refractivity contribution in [1.29, 1.82) is 0 Å². The Kier molecular flexibility index (Phi) is 5.57. The van der Waals surface area contributed by atoms with Gasteiger partial charge >= 0.3 is 0 Å². The van der Waals surface area contributed by atoms with Crippen molar-refractivity contribution >= 4 is 50.6 Å². The second-order valence-electron chi connectivity index (χ2n) is 3.78. The van der Waals surface area contributed by atoms with Crippen molar-refractivity contribution in [3.05, 3.63) is 50.1 Å². The van der Waals surface area contributed by atoms with E-state index in [1.54, 1.807) is 11.3 Å². The summed E-state index contributed by atoms with van der Waals surface area (Å²) >= 11 is 13.1. The fraction of sp³-hybridized carbons (Fsp3) is 0.231. The summed E-state index contributed by atoms with van der Waals surface area (Å²) in [6.07, 6.45) is 0. The van der Waals surface area contributed by atoms with E-state index in [-0.39, 0.29) is 0 Å². The van der Waals surface area contributed by atoms with Crippen molar-refractivity contribution in [2.24, 2.45) is 0 Å². The first-order valence-corrected chi connectivity index (χ1v) is 8.58. The van der Waals surface area contributed by atoms with E-state index < -0.39 is 0 Å². The number of thioether (sulfide) groups is 1. The number of hydrogen-bond donors (Lipinski definition) is 1. The summed E-state index contributed by atoms with van der Waals surface area (Å²) in [6, 6.07) is 8.32. The normalized spacial score (nSPS) is 12.6. The fourth-order valence-corrected chi connectivity index (χ4v) is 4.58. The molecular weight excluding hydrogens is 350 g/mol. The minimum atomic E-state index is 0.342. The van der Waals surface area contributed by atoms with Crippen LogP contribution in [-0.2, 0) is 0 Å². The molecule has 18 heavy (non-hydrogen) atoms. The van der Waals surface area contributed by atoms with Crippen LogP contribution in [0.1, 0.15) is 11.6 Å². The molecule has 0 radical (unpaired) electrons. The van der Waals surface area contributed by atoms with Crippen LogP contribution in [0, 0.1) is 0 Å². The molecule has 1 nitrogen and oxygen atoms in total. The summed E-state index contributed by atoms with van der Waals surface area (Å²) in [5, 5.41) is 8.44. The number of thiophene rings is 1. The fourth-order valence-electron chi connectivity index (χ4n) is 1.60. The van der Waals surface area contributed by atoms with Crippen LogP contribution in [-0.4, -0.2) is 12.8 Å². The number of hydrogen-bond acceptors (Lipinski definition) is 3. The maximum atomic E-state index is 5.98. The highest BCUT2D eigenvalue weighted by Crippen LogP contribution is 2.31. The quantitative estimate of drug-likeness (QED) is 0.732. The van der Waals surface area contributed by atoms with Gasteiger partial charge < -0.3 is 5.32 Å². The molecule has 0 aliphatic carbocycles. The van der Waals surface area contributed by atoms with Crippen LogP contribution in [0.4, 0.5) is 0 Å². The maximum absolute atomic E-state index is 5.98. The monoisotopic (exact) mass is 361 g/mol. The van der Waals surface area contributed by atoms with E-state index in [0.29, 0.717) is 6.04 Å². The van der Waals surface area contributed by atoms with Gasteiger partial charge in [-0.25, -0.2) is 0 Å². The van der Waals surface area contributed by atoms with Gasteiger partial charge in [-0.1, -0.05) is 17.7 Å². The Balaban J connectivity index is 2.02. The summed E-state index contributed by atoms with van der Waals surface area (Å²) in [6.45, 7) is 0. The zero-order valence-electron chi connectivity index (χ0n) is 9.82. The van der Waals surface area contributed by atoms with Gasteiger partial charge in [-0.2, -0.15) is 11.3 Å². The second-order valence-corrected chi connectivity index (χ2v) is 6.91. The largest absolute Gasteiger partial charge is 0.312 e. The van der Waals surface area contributed by atoms with E-state index in [4.69, 9.17) is 11.6 Å². The third-order valence-electron chi connectivity index (χ3n) is 2.58. The van der Waals surface area contributed by atoms with Crippen molar-refractivity contribution in [3.8, 4) is 0 Å². The molecule has 1 unspecified atom stereocenters. The Bertz CT molecular complexity index is 515. The van der Waals surface area contributed by atoms with E-state index in [1.165, 1.54) is 14.9 Å². The molecule has 0 spiro atoms. The summed E-state index contributed by atoms with van der Waals surface area (Å²) < 4.78 is 1.18. The van der Waals surface area contributed by atoms with Crippen molar-refractivity contribution in [2.45, 2.75) is 10.9 Å². The highest BCUT2D eigenvalue weighted by atomic mass is 79.9. The first-order chi connectivity index (χ1) is 8.70. The standard InChI is InChI=1S/C13H13BrClNS2/c1-16-13(11-6-17-7-12(11)14)8-18-10-4-2-3-9(15)5-10/h2-7,13,16H,8H2,1H3. The molecule has 0 aliphatic heterocycles. The zero-order chi connectivity index (χ0) is 13.0. The lowest BCUT2D eigenvalue weighted by Gasteiger charge is -2.15. The van der Waals surface area contributed by atoms with Crippen molar-refractivity contribution in [3.63, 3.8) is 0 Å². The molecule has 1 heterocycles. The maximum Gasteiger partial charge on any atom is 0.0432 e. The first-order valence-electron chi connectivity index (χ1n) is 5.48. The molecule has 0 fully saturated rings. The van der Waals surface area contributed by atoms with Crippen LogP contribution in [0.15, 0.2) is 44.4 Å². The molecule has 0 aliphatic rings. The Morgan fingerprint density at radius 2 is 2.28 bits per heavy atom. The number of nitrogens with one attached hydrogen (secondary N) is 1. The molecule has 5 heteroatoms. The van der Waals surface area contributed by atoms with E-state index in [1.807, 2.05) is 37.0 Å². The van der Waals surface area contributed by atoms with Gasteiger partial charge in [0.2, 0.25) is 0 Å². The van der Waals surface area contributed by atoms with Gasteiger partial charge in [0.25, 0.3) is 0 Å². The van der Waals surface area contributed by atoms with Gasteiger partial charge in [-0.15, -0.1) is 11.8 Å². The highest BCUT2D eigenvalue weighted by molar-refractivity contribution is 9.10. The highest BCUT2D eigenvalue weighted by Gasteiger charge is 2.13. The van der Waals surface area contributed by atoms with Crippen molar-refractivity contribution in [2.75, 3.05) is 12.8 Å². The molecule has 2 aromatic rings. The Morgan fingerprint density at radius 3 is 2.89 bits per heavy atom. The number of benzene rings is 1. The van der Waals surface area contributed by atoms with Crippen LogP contribution < -0.4 is 5.32 Å². The van der Waals surface area contributed by atoms with Gasteiger partial charge in [0, 0.05) is 31.6 Å². The molecule has 0 saturated carbocycles. The number of halogens is 2. The van der Waals surface area contributed by atoms with E-state index in [0.717, 1.165) is 10.8 Å². The van der Waals surface area contributed by atoms with Crippen LogP contribution in [0.3, 0.4) is 0 Å². The Labute approximate surface area is 129 Å². The summed E-state index contributed by atoms with van der Waals surface area (Å²) in [5.74, 6) is 0.978.